The number of thioether (sulfide) groups is 1. The molecule has 0 aliphatic rings. The van der Waals surface area contributed by atoms with Crippen molar-refractivity contribution >= 4 is 23.4 Å². The second-order valence-electron chi connectivity index (χ2n) is 3.86. The number of nitrogens with zero attached hydrogens (tertiary/aromatic N) is 4. The molecule has 0 unspecified atom stereocenters. The van der Waals surface area contributed by atoms with E-state index in [-0.39, 0.29) is 0 Å². The first-order chi connectivity index (χ1) is 8.67. The van der Waals surface area contributed by atoms with Crippen LogP contribution in [-0.4, -0.2) is 32.5 Å². The SMILES string of the molecule is CSc1nc(N)cc(NCCc2cnn(C)c2)n1. The average Bonchev–Trinajstić information content (AvgIpc) is 2.74. The van der Waals surface area contributed by atoms with E-state index >= 15 is 0 Å². The molecular formula is C11H16N6S. The Hall–Kier alpha value is -1.76. The van der Waals surface area contributed by atoms with E-state index in [4.69, 9.17) is 5.73 Å². The van der Waals surface area contributed by atoms with Gasteiger partial charge in [-0.2, -0.15) is 5.10 Å². The van der Waals surface area contributed by atoms with Crippen molar-refractivity contribution in [2.45, 2.75) is 11.6 Å². The molecule has 6 nitrogen and oxygen atoms in total. The maximum atomic E-state index is 5.70. The number of aryl methyl sites for hydroxylation is 1. The van der Waals surface area contributed by atoms with Crippen LogP contribution in [0, 0.1) is 0 Å². The molecule has 7 heteroatoms. The molecule has 0 radical (unpaired) electrons. The second kappa shape index (κ2) is 5.72. The van der Waals surface area contributed by atoms with Gasteiger partial charge in [0.05, 0.1) is 6.20 Å². The van der Waals surface area contributed by atoms with Crippen molar-refractivity contribution in [3.8, 4) is 0 Å². The Morgan fingerprint density at radius 3 is 2.94 bits per heavy atom. The number of nitrogen functional groups attached to an aromatic ring is 1. The Kier molecular flexibility index (Phi) is 4.03. The predicted molar refractivity (Wildman–Crippen MR) is 73.6 cm³/mol. The maximum absolute atomic E-state index is 5.70. The van der Waals surface area contributed by atoms with Crippen LogP contribution in [0.25, 0.3) is 0 Å². The Labute approximate surface area is 110 Å². The van der Waals surface area contributed by atoms with Crippen molar-refractivity contribution in [1.29, 1.82) is 0 Å². The molecule has 3 N–H and O–H groups in total. The third-order valence-corrected chi connectivity index (χ3v) is 2.93. The van der Waals surface area contributed by atoms with Gasteiger partial charge in [0.1, 0.15) is 11.6 Å². The number of nitrogens with one attached hydrogen (secondary N) is 1. The zero-order valence-corrected chi connectivity index (χ0v) is 11.2. The molecule has 2 heterocycles. The van der Waals surface area contributed by atoms with Crippen LogP contribution in [0.2, 0.25) is 0 Å². The standard InChI is InChI=1S/C11H16N6S/c1-17-7-8(6-14-17)3-4-13-10-5-9(12)15-11(16-10)18-2/h5-7H,3-4H2,1-2H3,(H3,12,13,15,16). The Balaban J connectivity index is 1.91. The lowest BCUT2D eigenvalue weighted by Gasteiger charge is -2.06. The average molecular weight is 264 g/mol. The summed E-state index contributed by atoms with van der Waals surface area (Å²) in [5.41, 5.74) is 6.90. The lowest BCUT2D eigenvalue weighted by Crippen LogP contribution is -2.07. The fourth-order valence-electron chi connectivity index (χ4n) is 1.56. The van der Waals surface area contributed by atoms with E-state index in [9.17, 15) is 0 Å². The van der Waals surface area contributed by atoms with Crippen LogP contribution in [0.4, 0.5) is 11.6 Å². The summed E-state index contributed by atoms with van der Waals surface area (Å²) in [6.45, 7) is 0.788. The van der Waals surface area contributed by atoms with Crippen molar-refractivity contribution in [3.05, 3.63) is 24.0 Å². The number of anilines is 2. The Bertz CT molecular complexity index is 524. The van der Waals surface area contributed by atoms with Crippen molar-refractivity contribution in [2.24, 2.45) is 7.05 Å². The molecule has 2 aromatic rings. The lowest BCUT2D eigenvalue weighted by molar-refractivity contribution is 0.766. The zero-order valence-electron chi connectivity index (χ0n) is 10.4. The molecule has 0 aromatic carbocycles. The minimum atomic E-state index is 0.484. The van der Waals surface area contributed by atoms with Gasteiger partial charge in [-0.25, -0.2) is 9.97 Å². The number of rotatable bonds is 5. The summed E-state index contributed by atoms with van der Waals surface area (Å²) in [6.07, 6.45) is 6.69. The summed E-state index contributed by atoms with van der Waals surface area (Å²) in [4.78, 5) is 8.43. The van der Waals surface area contributed by atoms with Crippen molar-refractivity contribution in [2.75, 3.05) is 23.9 Å². The molecular weight excluding hydrogens is 248 g/mol. The fourth-order valence-corrected chi connectivity index (χ4v) is 1.95. The summed E-state index contributed by atoms with van der Waals surface area (Å²) in [6, 6.07) is 1.74. The van der Waals surface area contributed by atoms with Gasteiger partial charge in [-0.15, -0.1) is 0 Å². The van der Waals surface area contributed by atoms with E-state index in [0.717, 1.165) is 18.8 Å². The van der Waals surface area contributed by atoms with E-state index in [1.807, 2.05) is 25.7 Å². The van der Waals surface area contributed by atoms with E-state index in [1.165, 1.54) is 17.3 Å². The molecule has 0 aliphatic carbocycles. The zero-order chi connectivity index (χ0) is 13.0. The molecule has 0 bridgehead atoms. The van der Waals surface area contributed by atoms with Crippen molar-refractivity contribution in [1.82, 2.24) is 19.7 Å². The molecule has 0 amide bonds. The van der Waals surface area contributed by atoms with Crippen LogP contribution in [0.5, 0.6) is 0 Å². The highest BCUT2D eigenvalue weighted by atomic mass is 32.2. The van der Waals surface area contributed by atoms with Crippen LogP contribution < -0.4 is 11.1 Å². The van der Waals surface area contributed by atoms with E-state index in [2.05, 4.69) is 20.4 Å². The number of nitrogens with two attached hydrogens (primary N) is 1. The van der Waals surface area contributed by atoms with E-state index in [0.29, 0.717) is 11.0 Å². The van der Waals surface area contributed by atoms with Crippen LogP contribution in [0.1, 0.15) is 5.56 Å². The van der Waals surface area contributed by atoms with Crippen LogP contribution >= 0.6 is 11.8 Å². The molecule has 0 saturated carbocycles. The molecule has 0 fully saturated rings. The normalized spacial score (nSPS) is 10.6. The van der Waals surface area contributed by atoms with Gasteiger partial charge in [0, 0.05) is 25.9 Å². The minimum Gasteiger partial charge on any atom is -0.383 e. The Morgan fingerprint density at radius 1 is 1.44 bits per heavy atom. The van der Waals surface area contributed by atoms with Gasteiger partial charge in [0.2, 0.25) is 0 Å². The highest BCUT2D eigenvalue weighted by molar-refractivity contribution is 7.98. The first-order valence-corrected chi connectivity index (χ1v) is 6.80. The quantitative estimate of drug-likeness (QED) is 0.623. The van der Waals surface area contributed by atoms with Crippen molar-refractivity contribution < 1.29 is 0 Å². The summed E-state index contributed by atoms with van der Waals surface area (Å²) < 4.78 is 1.80. The van der Waals surface area contributed by atoms with Gasteiger partial charge in [0.25, 0.3) is 0 Å². The van der Waals surface area contributed by atoms with Gasteiger partial charge in [-0.05, 0) is 18.2 Å². The van der Waals surface area contributed by atoms with Gasteiger partial charge in [-0.3, -0.25) is 4.68 Å². The molecule has 0 spiro atoms. The predicted octanol–water partition coefficient (Wildman–Crippen LogP) is 1.17. The van der Waals surface area contributed by atoms with Gasteiger partial charge in [-0.1, -0.05) is 11.8 Å². The molecule has 0 aliphatic heterocycles. The highest BCUT2D eigenvalue weighted by Gasteiger charge is 2.02. The summed E-state index contributed by atoms with van der Waals surface area (Å²) in [7, 11) is 1.91. The highest BCUT2D eigenvalue weighted by Crippen LogP contribution is 2.15. The van der Waals surface area contributed by atoms with Crippen LogP contribution in [0.3, 0.4) is 0 Å². The first kappa shape index (κ1) is 12.7. The molecule has 0 saturated heterocycles. The van der Waals surface area contributed by atoms with E-state index in [1.54, 1.807) is 10.7 Å². The third-order valence-electron chi connectivity index (χ3n) is 2.39. The molecule has 18 heavy (non-hydrogen) atoms. The summed E-state index contributed by atoms with van der Waals surface area (Å²) >= 11 is 1.47. The largest absolute Gasteiger partial charge is 0.383 e. The lowest BCUT2D eigenvalue weighted by atomic mass is 10.2. The van der Waals surface area contributed by atoms with Crippen LogP contribution in [0.15, 0.2) is 23.6 Å². The second-order valence-corrected chi connectivity index (χ2v) is 4.64. The Morgan fingerprint density at radius 2 is 2.28 bits per heavy atom. The van der Waals surface area contributed by atoms with E-state index < -0.39 is 0 Å². The first-order valence-electron chi connectivity index (χ1n) is 5.57. The third kappa shape index (κ3) is 3.36. The molecule has 2 rings (SSSR count). The number of hydrogen-bond donors (Lipinski definition) is 2. The van der Waals surface area contributed by atoms with Gasteiger partial charge in [0.15, 0.2) is 5.16 Å². The number of hydrogen-bond acceptors (Lipinski definition) is 6. The molecule has 96 valence electrons. The smallest absolute Gasteiger partial charge is 0.191 e. The monoisotopic (exact) mass is 264 g/mol. The maximum Gasteiger partial charge on any atom is 0.191 e. The topological polar surface area (TPSA) is 81.6 Å². The van der Waals surface area contributed by atoms with Crippen LogP contribution in [-0.2, 0) is 13.5 Å². The summed E-state index contributed by atoms with van der Waals surface area (Å²) in [5, 5.41) is 8.04. The molecule has 2 aromatic heterocycles. The minimum absolute atomic E-state index is 0.484. The van der Waals surface area contributed by atoms with Gasteiger partial charge >= 0.3 is 0 Å². The summed E-state index contributed by atoms with van der Waals surface area (Å²) in [5.74, 6) is 1.24. The van der Waals surface area contributed by atoms with Gasteiger partial charge < -0.3 is 11.1 Å². The fraction of sp³-hybridized carbons (Fsp3) is 0.364. The van der Waals surface area contributed by atoms with Crippen molar-refractivity contribution in [3.63, 3.8) is 0 Å². The number of aromatic nitrogens is 4. The molecule has 0 atom stereocenters.